The molecule has 110 valence electrons. The molecular weight excluding hydrogens is 311 g/mol. The Morgan fingerprint density at radius 3 is 2.76 bits per heavy atom. The Morgan fingerprint density at radius 2 is 2.14 bits per heavy atom. The number of nitrogens with one attached hydrogen (secondary N) is 1. The monoisotopic (exact) mass is 324 g/mol. The molecule has 7 heteroatoms. The largest absolute Gasteiger partial charge is 0.348 e. The highest BCUT2D eigenvalue weighted by molar-refractivity contribution is 6.37. The average Bonchev–Trinajstić information content (AvgIpc) is 2.90. The molecule has 0 spiro atoms. The second kappa shape index (κ2) is 7.24. The molecule has 0 radical (unpaired) electrons. The zero-order valence-electron chi connectivity index (χ0n) is 11.3. The minimum atomic E-state index is -0.224. The summed E-state index contributed by atoms with van der Waals surface area (Å²) in [4.78, 5) is 15.7. The van der Waals surface area contributed by atoms with E-state index in [0.29, 0.717) is 22.2 Å². The van der Waals surface area contributed by atoms with Gasteiger partial charge in [0.05, 0.1) is 6.54 Å². The number of benzene rings is 1. The van der Waals surface area contributed by atoms with Crippen molar-refractivity contribution >= 4 is 35.2 Å². The van der Waals surface area contributed by atoms with Crippen molar-refractivity contribution in [3.8, 4) is 0 Å². The van der Waals surface area contributed by atoms with Crippen LogP contribution in [0.3, 0.4) is 0 Å². The van der Waals surface area contributed by atoms with Gasteiger partial charge < -0.3 is 5.32 Å². The summed E-state index contributed by atoms with van der Waals surface area (Å²) in [6, 6.07) is 5.12. The molecule has 0 aliphatic carbocycles. The van der Waals surface area contributed by atoms with Crippen LogP contribution in [-0.4, -0.2) is 26.7 Å². The van der Waals surface area contributed by atoms with E-state index in [4.69, 9.17) is 23.2 Å². The lowest BCUT2D eigenvalue weighted by Crippen LogP contribution is -2.34. The first kappa shape index (κ1) is 15.5. The average molecular weight is 325 g/mol. The summed E-state index contributed by atoms with van der Waals surface area (Å²) in [5.41, 5.74) is 0.625. The summed E-state index contributed by atoms with van der Waals surface area (Å²) in [7, 11) is 0. The third kappa shape index (κ3) is 4.58. The highest BCUT2D eigenvalue weighted by Gasteiger charge is 2.07. The van der Waals surface area contributed by atoms with E-state index in [0.717, 1.165) is 0 Å². The molecule has 21 heavy (non-hydrogen) atoms. The lowest BCUT2D eigenvalue weighted by Gasteiger charge is -2.11. The molecule has 1 aromatic carbocycles. The third-order valence-electron chi connectivity index (χ3n) is 2.72. The first-order valence-electron chi connectivity index (χ1n) is 6.31. The van der Waals surface area contributed by atoms with E-state index in [1.807, 2.05) is 6.92 Å². The molecule has 0 aliphatic rings. The minimum absolute atomic E-state index is 0.0782. The predicted molar refractivity (Wildman–Crippen MR) is 83.1 cm³/mol. The second-order valence-electron chi connectivity index (χ2n) is 4.50. The number of nitrogens with zero attached hydrogens (tertiary/aromatic N) is 3. The van der Waals surface area contributed by atoms with Crippen molar-refractivity contribution in [2.45, 2.75) is 19.5 Å². The number of carbonyl (C=O) groups is 1. The highest BCUT2D eigenvalue weighted by Crippen LogP contribution is 2.25. The van der Waals surface area contributed by atoms with Gasteiger partial charge in [0, 0.05) is 27.7 Å². The zero-order valence-corrected chi connectivity index (χ0v) is 12.8. The second-order valence-corrected chi connectivity index (χ2v) is 5.31. The molecule has 0 aliphatic heterocycles. The Hall–Kier alpha value is -1.85. The van der Waals surface area contributed by atoms with Crippen LogP contribution in [0.4, 0.5) is 0 Å². The first-order valence-corrected chi connectivity index (χ1v) is 7.07. The third-order valence-corrected chi connectivity index (χ3v) is 3.38. The van der Waals surface area contributed by atoms with Gasteiger partial charge in [-0.05, 0) is 25.1 Å². The number of aromatic nitrogens is 3. The molecule has 2 aromatic rings. The van der Waals surface area contributed by atoms with Crippen molar-refractivity contribution in [1.82, 2.24) is 20.1 Å². The number of hydrogen-bond acceptors (Lipinski definition) is 3. The van der Waals surface area contributed by atoms with Gasteiger partial charge in [0.1, 0.15) is 12.7 Å². The molecule has 0 fully saturated rings. The molecule has 0 saturated carbocycles. The molecule has 1 amide bonds. The maximum Gasteiger partial charge on any atom is 0.244 e. The van der Waals surface area contributed by atoms with Crippen LogP contribution in [-0.2, 0) is 11.3 Å². The van der Waals surface area contributed by atoms with Gasteiger partial charge in [0.15, 0.2) is 0 Å². The Bertz CT molecular complexity index is 620. The van der Waals surface area contributed by atoms with E-state index in [9.17, 15) is 4.79 Å². The summed E-state index contributed by atoms with van der Waals surface area (Å²) in [6.07, 6.45) is 6.06. The quantitative estimate of drug-likeness (QED) is 0.860. The number of carbonyl (C=O) groups excluding carboxylic acids is 1. The summed E-state index contributed by atoms with van der Waals surface area (Å²) in [5, 5.41) is 7.81. The topological polar surface area (TPSA) is 59.8 Å². The zero-order chi connectivity index (χ0) is 15.2. The highest BCUT2D eigenvalue weighted by atomic mass is 35.5. The summed E-state index contributed by atoms with van der Waals surface area (Å²) < 4.78 is 1.65. The van der Waals surface area contributed by atoms with Crippen LogP contribution >= 0.6 is 23.2 Å². The minimum Gasteiger partial charge on any atom is -0.348 e. The van der Waals surface area contributed by atoms with Gasteiger partial charge in [-0.2, -0.15) is 5.10 Å². The normalized spacial score (nSPS) is 12.5. The molecule has 1 heterocycles. The van der Waals surface area contributed by atoms with Crippen LogP contribution in [0.1, 0.15) is 12.5 Å². The van der Waals surface area contributed by atoms with Crippen LogP contribution < -0.4 is 5.32 Å². The van der Waals surface area contributed by atoms with Crippen LogP contribution in [0.2, 0.25) is 10.0 Å². The number of amides is 1. The van der Waals surface area contributed by atoms with Gasteiger partial charge in [-0.15, -0.1) is 0 Å². The van der Waals surface area contributed by atoms with E-state index < -0.39 is 0 Å². The lowest BCUT2D eigenvalue weighted by atomic mass is 10.2. The standard InChI is InChI=1S/C14H14Cl2N4O/c1-10(7-20-9-17-8-18-20)19-14(21)6-5-11-12(15)3-2-4-13(11)16/h2-6,8-10H,7H2,1H3,(H,19,21). The van der Waals surface area contributed by atoms with Crippen LogP contribution in [0.5, 0.6) is 0 Å². The molecule has 1 unspecified atom stereocenters. The van der Waals surface area contributed by atoms with Gasteiger partial charge >= 0.3 is 0 Å². The van der Waals surface area contributed by atoms with Crippen molar-refractivity contribution in [1.29, 1.82) is 0 Å². The maximum atomic E-state index is 11.8. The first-order chi connectivity index (χ1) is 10.1. The molecule has 5 nitrogen and oxygen atoms in total. The molecule has 2 rings (SSSR count). The molecule has 0 bridgehead atoms. The van der Waals surface area contributed by atoms with E-state index in [1.54, 1.807) is 35.3 Å². The molecular formula is C14H14Cl2N4O. The van der Waals surface area contributed by atoms with Crippen molar-refractivity contribution < 1.29 is 4.79 Å². The fourth-order valence-electron chi connectivity index (χ4n) is 1.77. The Kier molecular flexibility index (Phi) is 5.36. The van der Waals surface area contributed by atoms with Gasteiger partial charge in [0.25, 0.3) is 0 Å². The van der Waals surface area contributed by atoms with Crippen molar-refractivity contribution in [3.05, 3.63) is 52.5 Å². The number of halogens is 2. The molecule has 1 N–H and O–H groups in total. The number of rotatable bonds is 5. The van der Waals surface area contributed by atoms with Gasteiger partial charge in [0.2, 0.25) is 5.91 Å². The van der Waals surface area contributed by atoms with Crippen molar-refractivity contribution in [2.75, 3.05) is 0 Å². The number of hydrogen-bond donors (Lipinski definition) is 1. The lowest BCUT2D eigenvalue weighted by molar-refractivity contribution is -0.117. The van der Waals surface area contributed by atoms with E-state index in [-0.39, 0.29) is 11.9 Å². The van der Waals surface area contributed by atoms with E-state index in [1.165, 1.54) is 12.4 Å². The summed E-state index contributed by atoms with van der Waals surface area (Å²) in [6.45, 7) is 2.43. The fourth-order valence-corrected chi connectivity index (χ4v) is 2.30. The summed E-state index contributed by atoms with van der Waals surface area (Å²) in [5.74, 6) is -0.224. The van der Waals surface area contributed by atoms with Gasteiger partial charge in [-0.25, -0.2) is 4.98 Å². The Morgan fingerprint density at radius 1 is 1.43 bits per heavy atom. The van der Waals surface area contributed by atoms with Gasteiger partial charge in [-0.1, -0.05) is 29.3 Å². The van der Waals surface area contributed by atoms with E-state index >= 15 is 0 Å². The fraction of sp³-hybridized carbons (Fsp3) is 0.214. The Labute approximate surface area is 132 Å². The van der Waals surface area contributed by atoms with E-state index in [2.05, 4.69) is 15.4 Å². The van der Waals surface area contributed by atoms with Gasteiger partial charge in [-0.3, -0.25) is 9.48 Å². The molecule has 1 aromatic heterocycles. The van der Waals surface area contributed by atoms with Crippen LogP contribution in [0.25, 0.3) is 6.08 Å². The SMILES string of the molecule is CC(Cn1cncn1)NC(=O)C=Cc1c(Cl)cccc1Cl. The molecule has 1 atom stereocenters. The maximum absolute atomic E-state index is 11.8. The molecule has 0 saturated heterocycles. The Balaban J connectivity index is 1.93. The summed E-state index contributed by atoms with van der Waals surface area (Å²) >= 11 is 12.1. The van der Waals surface area contributed by atoms with Crippen LogP contribution in [0, 0.1) is 0 Å². The predicted octanol–water partition coefficient (Wildman–Crippen LogP) is 2.80. The smallest absolute Gasteiger partial charge is 0.244 e. The van der Waals surface area contributed by atoms with Crippen LogP contribution in [0.15, 0.2) is 36.9 Å². The van der Waals surface area contributed by atoms with Crippen molar-refractivity contribution in [2.24, 2.45) is 0 Å². The van der Waals surface area contributed by atoms with Crippen molar-refractivity contribution in [3.63, 3.8) is 0 Å².